The predicted molar refractivity (Wildman–Crippen MR) is 107 cm³/mol. The molecule has 1 amide bonds. The molecule has 0 heterocycles. The van der Waals surface area contributed by atoms with Gasteiger partial charge >= 0.3 is 5.91 Å². The molecule has 0 saturated heterocycles. The average molecular weight is 362 g/mol. The van der Waals surface area contributed by atoms with E-state index in [1.165, 1.54) is 0 Å². The molecule has 0 bridgehead atoms. The van der Waals surface area contributed by atoms with Gasteiger partial charge in [0.1, 0.15) is 6.42 Å². The Morgan fingerprint density at radius 2 is 1.96 bits per heavy atom. The van der Waals surface area contributed by atoms with Gasteiger partial charge in [0.15, 0.2) is 5.92 Å². The van der Waals surface area contributed by atoms with Crippen LogP contribution in [0.5, 0.6) is 0 Å². The fourth-order valence-corrected chi connectivity index (χ4v) is 2.57. The van der Waals surface area contributed by atoms with E-state index in [4.69, 9.17) is 11.0 Å². The van der Waals surface area contributed by atoms with Gasteiger partial charge in [-0.05, 0) is 55.3 Å². The molecule has 3 N–H and O–H groups in total. The number of nitrogens with one attached hydrogen (secondary N) is 1. The Labute approximate surface area is 160 Å². The van der Waals surface area contributed by atoms with Gasteiger partial charge in [0.25, 0.3) is 0 Å². The third-order valence-corrected chi connectivity index (χ3v) is 4.17. The quantitative estimate of drug-likeness (QED) is 0.382. The summed E-state index contributed by atoms with van der Waals surface area (Å²) in [6, 6.07) is 15.5. The van der Waals surface area contributed by atoms with E-state index < -0.39 is 0 Å². The molecule has 2 rings (SSSR count). The molecule has 6 heteroatoms. The first-order valence-electron chi connectivity index (χ1n) is 8.90. The fourth-order valence-electron chi connectivity index (χ4n) is 2.57. The van der Waals surface area contributed by atoms with E-state index in [0.717, 1.165) is 28.2 Å². The number of nitrogens with zero attached hydrogens (tertiary/aromatic N) is 3. The number of nitrogens with two attached hydrogens (primary N) is 1. The van der Waals surface area contributed by atoms with Crippen LogP contribution in [0.2, 0.25) is 0 Å². The molecular weight excluding hydrogens is 338 g/mol. The van der Waals surface area contributed by atoms with E-state index in [0.29, 0.717) is 31.7 Å². The minimum atomic E-state index is -0.345. The summed E-state index contributed by atoms with van der Waals surface area (Å²) in [6.45, 7) is 4.52. The van der Waals surface area contributed by atoms with Crippen LogP contribution >= 0.6 is 0 Å². The lowest BCUT2D eigenvalue weighted by Gasteiger charge is -2.06. The van der Waals surface area contributed by atoms with Crippen molar-refractivity contribution in [2.45, 2.75) is 33.1 Å². The number of benzene rings is 2. The second kappa shape index (κ2) is 9.97. The molecule has 0 unspecified atom stereocenters. The molecule has 27 heavy (non-hydrogen) atoms. The van der Waals surface area contributed by atoms with Gasteiger partial charge < -0.3 is 11.1 Å². The van der Waals surface area contributed by atoms with Gasteiger partial charge in [-0.1, -0.05) is 12.1 Å². The van der Waals surface area contributed by atoms with Crippen molar-refractivity contribution in [1.29, 1.82) is 5.26 Å². The number of primary amides is 1. The zero-order chi connectivity index (χ0) is 19.6. The molecule has 0 aliphatic rings. The van der Waals surface area contributed by atoms with Crippen LogP contribution in [0.1, 0.15) is 30.9 Å². The Balaban J connectivity index is 2.01. The Morgan fingerprint density at radius 3 is 2.56 bits per heavy atom. The smallest absolute Gasteiger partial charge is 0.384 e. The number of hydrogen-bond donors (Lipinski definition) is 2. The lowest BCUT2D eigenvalue weighted by molar-refractivity contribution is -0.116. The maximum Gasteiger partial charge on any atom is 0.402 e. The summed E-state index contributed by atoms with van der Waals surface area (Å²) in [4.78, 5) is 11.3. The van der Waals surface area contributed by atoms with Gasteiger partial charge in [0.05, 0.1) is 30.3 Å². The molecule has 0 aliphatic heterocycles. The highest BCUT2D eigenvalue weighted by Gasteiger charge is 2.26. The molecule has 0 aliphatic carbocycles. The second-order valence-electron chi connectivity index (χ2n) is 6.20. The number of rotatable bonds is 9. The maximum absolute atomic E-state index is 11.3. The van der Waals surface area contributed by atoms with E-state index in [2.05, 4.69) is 21.6 Å². The van der Waals surface area contributed by atoms with E-state index in [1.54, 1.807) is 0 Å². The molecule has 0 atom stereocenters. The number of anilines is 1. The van der Waals surface area contributed by atoms with Crippen molar-refractivity contribution in [3.8, 4) is 6.07 Å². The first-order chi connectivity index (χ1) is 13.0. The largest absolute Gasteiger partial charge is 0.402 e. The Morgan fingerprint density at radius 1 is 1.22 bits per heavy atom. The van der Waals surface area contributed by atoms with Gasteiger partial charge in [-0.2, -0.15) is 15.5 Å². The summed E-state index contributed by atoms with van der Waals surface area (Å²) >= 11 is 0. The van der Waals surface area contributed by atoms with Crippen molar-refractivity contribution in [1.82, 2.24) is 0 Å². The normalized spacial score (nSPS) is 10.6. The van der Waals surface area contributed by atoms with Crippen LogP contribution in [-0.4, -0.2) is 12.5 Å². The zero-order valence-corrected chi connectivity index (χ0v) is 15.7. The number of amides is 1. The summed E-state index contributed by atoms with van der Waals surface area (Å²) in [5.74, 6) is 0.366. The third kappa shape index (κ3) is 6.15. The monoisotopic (exact) mass is 362 g/mol. The lowest BCUT2D eigenvalue weighted by atomic mass is 9.96. The fraction of sp³-hybridized carbons (Fsp3) is 0.286. The van der Waals surface area contributed by atoms with Crippen LogP contribution in [0.4, 0.5) is 17.1 Å². The Bertz CT molecular complexity index is 837. The minimum Gasteiger partial charge on any atom is -0.384 e. The van der Waals surface area contributed by atoms with E-state index in [9.17, 15) is 4.79 Å². The molecule has 2 aromatic carbocycles. The summed E-state index contributed by atoms with van der Waals surface area (Å²) in [7, 11) is 0. The van der Waals surface area contributed by atoms with Gasteiger partial charge in [0.2, 0.25) is 0 Å². The van der Waals surface area contributed by atoms with Gasteiger partial charge in [0, 0.05) is 12.2 Å². The number of azo groups is 1. The van der Waals surface area contributed by atoms with Crippen molar-refractivity contribution in [3.05, 3.63) is 59.5 Å². The molecule has 138 valence electrons. The first kappa shape index (κ1) is 20.0. The average Bonchev–Trinajstić information content (AvgIpc) is 2.66. The Kier molecular flexibility index (Phi) is 7.38. The molecule has 2 aromatic rings. The highest BCUT2D eigenvalue weighted by molar-refractivity contribution is 5.88. The standard InChI is InChI=1S/C21H23N5O/c1-3-17(21(23)27)14-16-5-7-18(8-6-16)25-26-20-10-9-19(13-15(20)2)24-12-4-11-22/h5-10,13H,3-4,12,14H2,1-2H3,(H2-,23,24,25,27)/p+1. The maximum atomic E-state index is 11.3. The molecule has 6 nitrogen and oxygen atoms in total. The number of aryl methyl sites for hydroxylation is 1. The summed E-state index contributed by atoms with van der Waals surface area (Å²) in [5, 5.41) is 20.4. The second-order valence-corrected chi connectivity index (χ2v) is 6.20. The lowest BCUT2D eigenvalue weighted by Crippen LogP contribution is -2.22. The zero-order valence-electron chi connectivity index (χ0n) is 15.7. The number of hydrogen-bond acceptors (Lipinski definition) is 5. The molecular formula is C21H24N5O+. The third-order valence-electron chi connectivity index (χ3n) is 4.17. The summed E-state index contributed by atoms with van der Waals surface area (Å²) < 4.78 is 0. The van der Waals surface area contributed by atoms with E-state index in [-0.39, 0.29) is 5.91 Å². The van der Waals surface area contributed by atoms with Crippen molar-refractivity contribution in [2.75, 3.05) is 11.9 Å². The number of nitriles is 1. The van der Waals surface area contributed by atoms with Gasteiger partial charge in [-0.15, -0.1) is 0 Å². The SMILES string of the molecule is CC[C+](Cc1ccc(N=Nc2ccc(NCCC#N)cc2C)cc1)C(N)=O. The van der Waals surface area contributed by atoms with Crippen LogP contribution in [-0.2, 0) is 11.2 Å². The molecule has 0 aromatic heterocycles. The number of carbonyl (C=O) groups excluding carboxylic acids is 1. The van der Waals surface area contributed by atoms with Gasteiger partial charge in [-0.25, -0.2) is 4.79 Å². The van der Waals surface area contributed by atoms with Gasteiger partial charge in [-0.3, -0.25) is 0 Å². The highest BCUT2D eigenvalue weighted by Crippen LogP contribution is 2.25. The van der Waals surface area contributed by atoms with Crippen LogP contribution < -0.4 is 11.1 Å². The van der Waals surface area contributed by atoms with Crippen LogP contribution in [0.15, 0.2) is 52.7 Å². The Hall–Kier alpha value is -3.33. The van der Waals surface area contributed by atoms with Crippen molar-refractivity contribution >= 4 is 23.0 Å². The van der Waals surface area contributed by atoms with Crippen molar-refractivity contribution in [3.63, 3.8) is 0 Å². The molecule has 0 fully saturated rings. The van der Waals surface area contributed by atoms with Crippen LogP contribution in [0.3, 0.4) is 0 Å². The number of carbonyl (C=O) groups is 1. The van der Waals surface area contributed by atoms with E-state index >= 15 is 0 Å². The molecule has 0 spiro atoms. The van der Waals surface area contributed by atoms with Crippen LogP contribution in [0, 0.1) is 24.2 Å². The van der Waals surface area contributed by atoms with Crippen molar-refractivity contribution in [2.24, 2.45) is 16.0 Å². The topological polar surface area (TPSA) is 104 Å². The van der Waals surface area contributed by atoms with E-state index in [1.807, 2.05) is 56.3 Å². The summed E-state index contributed by atoms with van der Waals surface area (Å²) in [6.07, 6.45) is 1.67. The van der Waals surface area contributed by atoms with Crippen LogP contribution in [0.25, 0.3) is 0 Å². The highest BCUT2D eigenvalue weighted by atomic mass is 16.1. The molecule has 0 saturated carbocycles. The first-order valence-corrected chi connectivity index (χ1v) is 8.90. The molecule has 0 radical (unpaired) electrons. The summed E-state index contributed by atoms with van der Waals surface area (Å²) in [5.41, 5.74) is 9.89. The minimum absolute atomic E-state index is 0.345. The van der Waals surface area contributed by atoms with Crippen molar-refractivity contribution < 1.29 is 4.79 Å². The predicted octanol–water partition coefficient (Wildman–Crippen LogP) is 4.75.